The van der Waals surface area contributed by atoms with Crippen LogP contribution in [-0.2, 0) is 16.1 Å². The Morgan fingerprint density at radius 3 is 2.52 bits per heavy atom. The highest BCUT2D eigenvalue weighted by molar-refractivity contribution is 6.31. The summed E-state index contributed by atoms with van der Waals surface area (Å²) in [5.41, 5.74) is 1.30. The van der Waals surface area contributed by atoms with E-state index in [0.29, 0.717) is 49.1 Å². The van der Waals surface area contributed by atoms with E-state index in [0.717, 1.165) is 5.69 Å². The largest absolute Gasteiger partial charge is 0.339 e. The lowest BCUT2D eigenvalue weighted by Crippen LogP contribution is -2.51. The highest BCUT2D eigenvalue weighted by Gasteiger charge is 2.23. The van der Waals surface area contributed by atoms with Gasteiger partial charge in [0, 0.05) is 49.0 Å². The number of amides is 2. The quantitative estimate of drug-likeness (QED) is 0.706. The molecule has 1 fully saturated rings. The summed E-state index contributed by atoms with van der Waals surface area (Å²) < 4.78 is 14.0. The molecule has 3 rings (SSSR count). The molecule has 2 heterocycles. The molecule has 31 heavy (non-hydrogen) atoms. The van der Waals surface area contributed by atoms with Crippen molar-refractivity contribution in [2.45, 2.75) is 13.5 Å². The van der Waals surface area contributed by atoms with Crippen molar-refractivity contribution >= 4 is 29.2 Å². The maximum atomic E-state index is 14.0. The third-order valence-electron chi connectivity index (χ3n) is 5.14. The number of aromatic nitrogens is 1. The summed E-state index contributed by atoms with van der Waals surface area (Å²) in [7, 11) is 1.73. The van der Waals surface area contributed by atoms with Crippen LogP contribution in [0.4, 0.5) is 10.2 Å². The molecule has 0 spiro atoms. The Morgan fingerprint density at radius 2 is 1.84 bits per heavy atom. The number of piperazine rings is 1. The summed E-state index contributed by atoms with van der Waals surface area (Å²) in [6, 6.07) is 10.1. The van der Waals surface area contributed by atoms with E-state index < -0.39 is 0 Å². The van der Waals surface area contributed by atoms with E-state index in [4.69, 9.17) is 11.6 Å². The number of carbonyl (C=O) groups excluding carboxylic acids is 2. The van der Waals surface area contributed by atoms with Crippen molar-refractivity contribution in [3.63, 3.8) is 0 Å². The van der Waals surface area contributed by atoms with Crippen LogP contribution in [0.2, 0.25) is 5.02 Å². The molecule has 0 aliphatic carbocycles. The number of benzene rings is 1. The van der Waals surface area contributed by atoms with Crippen LogP contribution < -0.4 is 5.32 Å². The average Bonchev–Trinajstić information content (AvgIpc) is 2.71. The Labute approximate surface area is 186 Å². The number of halogens is 2. The highest BCUT2D eigenvalue weighted by Crippen LogP contribution is 2.21. The zero-order chi connectivity index (χ0) is 22.4. The first-order valence-corrected chi connectivity index (χ1v) is 10.5. The van der Waals surface area contributed by atoms with E-state index in [1.807, 2.05) is 19.1 Å². The van der Waals surface area contributed by atoms with E-state index in [-0.39, 0.29) is 30.7 Å². The van der Waals surface area contributed by atoms with E-state index in [2.05, 4.69) is 15.2 Å². The number of carbonyl (C=O) groups is 2. The average molecular weight is 448 g/mol. The molecule has 2 aromatic rings. The molecule has 1 N–H and O–H groups in total. The molecule has 1 aliphatic heterocycles. The van der Waals surface area contributed by atoms with Crippen molar-refractivity contribution in [2.75, 3.05) is 51.6 Å². The second kappa shape index (κ2) is 10.7. The Bertz CT molecular complexity index is 914. The molecule has 1 saturated heterocycles. The molecule has 1 aromatic carbocycles. The minimum absolute atomic E-state index is 0.0347. The maximum absolute atomic E-state index is 14.0. The third-order valence-corrected chi connectivity index (χ3v) is 5.50. The fraction of sp³-hybridized carbons (Fsp3) is 0.409. The number of hydrogen-bond donors (Lipinski definition) is 1. The molecule has 0 unspecified atom stereocenters. The van der Waals surface area contributed by atoms with Crippen molar-refractivity contribution in [3.05, 3.63) is 58.5 Å². The Hall–Kier alpha value is -2.55. The van der Waals surface area contributed by atoms with Crippen LogP contribution in [0.15, 0.2) is 36.4 Å². The number of nitrogens with zero attached hydrogens (tertiary/aromatic N) is 4. The van der Waals surface area contributed by atoms with Gasteiger partial charge in [0.15, 0.2) is 0 Å². The maximum Gasteiger partial charge on any atom is 0.239 e. The molecule has 166 valence electrons. The molecule has 2 amide bonds. The van der Waals surface area contributed by atoms with Gasteiger partial charge in [-0.05, 0) is 38.2 Å². The van der Waals surface area contributed by atoms with E-state index >= 15 is 0 Å². The number of aryl methyl sites for hydroxylation is 1. The van der Waals surface area contributed by atoms with Crippen molar-refractivity contribution in [1.82, 2.24) is 19.7 Å². The van der Waals surface area contributed by atoms with E-state index in [1.165, 1.54) is 6.07 Å². The van der Waals surface area contributed by atoms with Crippen molar-refractivity contribution in [2.24, 2.45) is 0 Å². The first-order valence-electron chi connectivity index (χ1n) is 10.2. The van der Waals surface area contributed by atoms with Crippen LogP contribution in [0.25, 0.3) is 0 Å². The number of nitrogens with one attached hydrogen (secondary N) is 1. The van der Waals surface area contributed by atoms with Gasteiger partial charge in [0.1, 0.15) is 11.6 Å². The third kappa shape index (κ3) is 6.72. The van der Waals surface area contributed by atoms with Crippen LogP contribution in [0.3, 0.4) is 0 Å². The molecule has 1 aromatic heterocycles. The topological polar surface area (TPSA) is 68.8 Å². The number of anilines is 1. The van der Waals surface area contributed by atoms with Gasteiger partial charge in [0.25, 0.3) is 0 Å². The number of rotatable bonds is 7. The summed E-state index contributed by atoms with van der Waals surface area (Å²) in [5, 5.41) is 3.16. The Kier molecular flexibility index (Phi) is 7.95. The first kappa shape index (κ1) is 23.1. The molecule has 0 radical (unpaired) electrons. The lowest BCUT2D eigenvalue weighted by atomic mass is 10.2. The van der Waals surface area contributed by atoms with Crippen LogP contribution >= 0.6 is 11.6 Å². The molecule has 0 saturated carbocycles. The van der Waals surface area contributed by atoms with Gasteiger partial charge < -0.3 is 10.2 Å². The van der Waals surface area contributed by atoms with Gasteiger partial charge in [-0.1, -0.05) is 23.7 Å². The zero-order valence-corrected chi connectivity index (χ0v) is 18.5. The molecular weight excluding hydrogens is 421 g/mol. The van der Waals surface area contributed by atoms with Gasteiger partial charge in [0.05, 0.1) is 13.1 Å². The zero-order valence-electron chi connectivity index (χ0n) is 17.8. The molecular formula is C22H27ClFN5O2. The van der Waals surface area contributed by atoms with Gasteiger partial charge in [-0.2, -0.15) is 0 Å². The molecule has 1 aliphatic rings. The first-order chi connectivity index (χ1) is 14.8. The number of pyridine rings is 1. The second-order valence-corrected chi connectivity index (χ2v) is 8.15. The van der Waals surface area contributed by atoms with Gasteiger partial charge in [-0.3, -0.25) is 19.4 Å². The van der Waals surface area contributed by atoms with Crippen LogP contribution in [-0.4, -0.2) is 77.8 Å². The van der Waals surface area contributed by atoms with Crippen LogP contribution in [0.5, 0.6) is 0 Å². The lowest BCUT2D eigenvalue weighted by Gasteiger charge is -2.35. The predicted octanol–water partition coefficient (Wildman–Crippen LogP) is 2.40. The number of likely N-dealkylation sites (N-methyl/N-ethyl adjacent to an activating group) is 1. The Morgan fingerprint density at radius 1 is 1.13 bits per heavy atom. The summed E-state index contributed by atoms with van der Waals surface area (Å²) in [6.07, 6.45) is 0. The smallest absolute Gasteiger partial charge is 0.239 e. The van der Waals surface area contributed by atoms with Crippen LogP contribution in [0.1, 0.15) is 11.3 Å². The number of hydrogen-bond acceptors (Lipinski definition) is 5. The fourth-order valence-corrected chi connectivity index (χ4v) is 3.71. The summed E-state index contributed by atoms with van der Waals surface area (Å²) in [4.78, 5) is 34.6. The summed E-state index contributed by atoms with van der Waals surface area (Å²) in [5.74, 6) is -0.0740. The van der Waals surface area contributed by atoms with Gasteiger partial charge >= 0.3 is 0 Å². The SMILES string of the molecule is Cc1cccc(NC(=O)CN(C)CC(=O)N2CCN(Cc3c(F)cccc3Cl)CC2)n1. The summed E-state index contributed by atoms with van der Waals surface area (Å²) in [6.45, 7) is 4.89. The fourth-order valence-electron chi connectivity index (χ4n) is 3.49. The van der Waals surface area contributed by atoms with Gasteiger partial charge in [0.2, 0.25) is 11.8 Å². The van der Waals surface area contributed by atoms with Crippen molar-refractivity contribution < 1.29 is 14.0 Å². The second-order valence-electron chi connectivity index (χ2n) is 7.74. The van der Waals surface area contributed by atoms with Crippen LogP contribution in [0, 0.1) is 12.7 Å². The standard InChI is InChI=1S/C22H27ClFN5O2/c1-16-5-3-8-20(25-16)26-21(30)14-27(2)15-22(31)29-11-9-28(10-12-29)13-17-18(23)6-4-7-19(17)24/h3-8H,9-15H2,1-2H3,(H,25,26,30). The normalized spacial score (nSPS) is 14.7. The van der Waals surface area contributed by atoms with E-state index in [1.54, 1.807) is 35.0 Å². The Balaban J connectivity index is 1.42. The van der Waals surface area contributed by atoms with E-state index in [9.17, 15) is 14.0 Å². The molecule has 0 bridgehead atoms. The minimum Gasteiger partial charge on any atom is -0.339 e. The monoisotopic (exact) mass is 447 g/mol. The highest BCUT2D eigenvalue weighted by atomic mass is 35.5. The summed E-state index contributed by atoms with van der Waals surface area (Å²) >= 11 is 6.11. The minimum atomic E-state index is -0.313. The molecule has 9 heteroatoms. The lowest BCUT2D eigenvalue weighted by molar-refractivity contribution is -0.134. The van der Waals surface area contributed by atoms with Crippen molar-refractivity contribution in [1.29, 1.82) is 0 Å². The predicted molar refractivity (Wildman–Crippen MR) is 118 cm³/mol. The van der Waals surface area contributed by atoms with Gasteiger partial charge in [-0.15, -0.1) is 0 Å². The van der Waals surface area contributed by atoms with Gasteiger partial charge in [-0.25, -0.2) is 9.37 Å². The molecule has 7 nitrogen and oxygen atoms in total. The van der Waals surface area contributed by atoms with Crippen molar-refractivity contribution in [3.8, 4) is 0 Å². The molecule has 0 atom stereocenters.